The van der Waals surface area contributed by atoms with Gasteiger partial charge in [-0.2, -0.15) is 0 Å². The van der Waals surface area contributed by atoms with Crippen molar-refractivity contribution >= 4 is 17.5 Å². The van der Waals surface area contributed by atoms with E-state index in [-0.39, 0.29) is 25.0 Å². The summed E-state index contributed by atoms with van der Waals surface area (Å²) >= 11 is 0. The van der Waals surface area contributed by atoms with E-state index in [0.717, 1.165) is 32.4 Å². The molecule has 0 aromatic heterocycles. The predicted molar refractivity (Wildman–Crippen MR) is 106 cm³/mol. The normalized spacial score (nSPS) is 18.8. The summed E-state index contributed by atoms with van der Waals surface area (Å²) in [5.41, 5.74) is 0.673. The second-order valence-corrected chi connectivity index (χ2v) is 7.07. The van der Waals surface area contributed by atoms with Crippen molar-refractivity contribution in [1.82, 2.24) is 4.90 Å². The van der Waals surface area contributed by atoms with Gasteiger partial charge in [0.1, 0.15) is 11.5 Å². The molecule has 1 unspecified atom stereocenters. The average molecular weight is 380 g/mol. The van der Waals surface area contributed by atoms with Crippen molar-refractivity contribution in [3.8, 4) is 11.5 Å². The van der Waals surface area contributed by atoms with Crippen molar-refractivity contribution < 1.29 is 19.1 Å². The minimum atomic E-state index is -0.686. The first-order chi connectivity index (χ1) is 13.7. The Hall–Kier alpha value is -3.02. The zero-order valence-electron chi connectivity index (χ0n) is 15.8. The van der Waals surface area contributed by atoms with Gasteiger partial charge in [0.05, 0.1) is 12.2 Å². The summed E-state index contributed by atoms with van der Waals surface area (Å²) < 4.78 is 11.6. The third-order valence-corrected chi connectivity index (χ3v) is 5.12. The van der Waals surface area contributed by atoms with Crippen LogP contribution in [0, 0.1) is 0 Å². The Balaban J connectivity index is 1.50. The minimum Gasteiger partial charge on any atom is -0.484 e. The molecule has 0 aliphatic carbocycles. The van der Waals surface area contributed by atoms with Crippen molar-refractivity contribution in [2.75, 3.05) is 31.1 Å². The highest BCUT2D eigenvalue weighted by atomic mass is 16.5. The zero-order valence-corrected chi connectivity index (χ0v) is 15.8. The largest absolute Gasteiger partial charge is 0.484 e. The molecule has 28 heavy (non-hydrogen) atoms. The second-order valence-electron chi connectivity index (χ2n) is 7.07. The van der Waals surface area contributed by atoms with Crippen molar-refractivity contribution in [1.29, 1.82) is 0 Å². The molecule has 2 heterocycles. The Labute approximate surface area is 164 Å². The Morgan fingerprint density at radius 2 is 1.68 bits per heavy atom. The van der Waals surface area contributed by atoms with Crippen molar-refractivity contribution in [3.63, 3.8) is 0 Å². The number of carbonyl (C=O) groups is 2. The van der Waals surface area contributed by atoms with Gasteiger partial charge in [-0.3, -0.25) is 9.59 Å². The van der Waals surface area contributed by atoms with Crippen LogP contribution >= 0.6 is 0 Å². The van der Waals surface area contributed by atoms with Crippen LogP contribution in [-0.4, -0.2) is 49.1 Å². The van der Waals surface area contributed by atoms with Crippen LogP contribution in [-0.2, 0) is 9.59 Å². The molecule has 2 aromatic carbocycles. The van der Waals surface area contributed by atoms with Crippen LogP contribution in [0.1, 0.15) is 19.3 Å². The third kappa shape index (κ3) is 3.96. The number of para-hydroxylation sites is 3. The van der Waals surface area contributed by atoms with E-state index < -0.39 is 6.10 Å². The molecule has 2 aliphatic heterocycles. The van der Waals surface area contributed by atoms with Gasteiger partial charge < -0.3 is 19.3 Å². The van der Waals surface area contributed by atoms with Gasteiger partial charge in [-0.05, 0) is 43.5 Å². The maximum Gasteiger partial charge on any atom is 0.265 e. The molecule has 0 spiro atoms. The number of anilines is 1. The van der Waals surface area contributed by atoms with E-state index in [1.165, 1.54) is 0 Å². The van der Waals surface area contributed by atoms with E-state index >= 15 is 0 Å². The fourth-order valence-corrected chi connectivity index (χ4v) is 3.66. The Morgan fingerprint density at radius 3 is 2.46 bits per heavy atom. The molecule has 0 saturated carbocycles. The number of hydrogen-bond acceptors (Lipinski definition) is 4. The number of nitrogens with zero attached hydrogens (tertiary/aromatic N) is 2. The lowest BCUT2D eigenvalue weighted by Gasteiger charge is -2.37. The molecule has 2 amide bonds. The third-order valence-electron chi connectivity index (χ3n) is 5.12. The summed E-state index contributed by atoms with van der Waals surface area (Å²) in [5, 5.41) is 0. The zero-order chi connectivity index (χ0) is 19.3. The van der Waals surface area contributed by atoms with Gasteiger partial charge in [0.2, 0.25) is 0 Å². The summed E-state index contributed by atoms with van der Waals surface area (Å²) in [4.78, 5) is 29.3. The highest BCUT2D eigenvalue weighted by Crippen LogP contribution is 2.34. The molecule has 0 bridgehead atoms. The van der Waals surface area contributed by atoms with Gasteiger partial charge in [0.15, 0.2) is 12.7 Å². The first kappa shape index (κ1) is 18.3. The van der Waals surface area contributed by atoms with Crippen molar-refractivity contribution in [3.05, 3.63) is 54.6 Å². The van der Waals surface area contributed by atoms with Gasteiger partial charge in [-0.1, -0.05) is 30.3 Å². The lowest BCUT2D eigenvalue weighted by Crippen LogP contribution is -2.53. The molecule has 6 heteroatoms. The smallest absolute Gasteiger partial charge is 0.265 e. The van der Waals surface area contributed by atoms with Crippen molar-refractivity contribution in [2.24, 2.45) is 0 Å². The summed E-state index contributed by atoms with van der Waals surface area (Å²) in [6.45, 7) is 1.61. The van der Waals surface area contributed by atoms with Gasteiger partial charge >= 0.3 is 0 Å². The Bertz CT molecular complexity index is 833. The fourth-order valence-electron chi connectivity index (χ4n) is 3.66. The van der Waals surface area contributed by atoms with Crippen LogP contribution in [0.3, 0.4) is 0 Å². The first-order valence-electron chi connectivity index (χ1n) is 9.75. The number of fused-ring (bicyclic) bond motifs is 1. The molecule has 0 N–H and O–H groups in total. The van der Waals surface area contributed by atoms with E-state index in [2.05, 4.69) is 0 Å². The quantitative estimate of drug-likeness (QED) is 0.818. The molecular formula is C22H24N2O4. The molecule has 1 atom stereocenters. The first-order valence-corrected chi connectivity index (χ1v) is 9.75. The maximum absolute atomic E-state index is 12.9. The van der Waals surface area contributed by atoms with Crippen LogP contribution in [0.25, 0.3) is 0 Å². The van der Waals surface area contributed by atoms with Crippen LogP contribution < -0.4 is 14.4 Å². The van der Waals surface area contributed by atoms with Gasteiger partial charge in [-0.25, -0.2) is 0 Å². The van der Waals surface area contributed by atoms with Crippen molar-refractivity contribution in [2.45, 2.75) is 25.4 Å². The number of rotatable bonds is 4. The lowest BCUT2D eigenvalue weighted by atomic mass is 10.1. The maximum atomic E-state index is 12.9. The highest BCUT2D eigenvalue weighted by Gasteiger charge is 2.36. The van der Waals surface area contributed by atoms with Crippen LogP contribution in [0.2, 0.25) is 0 Å². The topological polar surface area (TPSA) is 59.1 Å². The predicted octanol–water partition coefficient (Wildman–Crippen LogP) is 2.87. The van der Waals surface area contributed by atoms with E-state index in [1.807, 2.05) is 53.4 Å². The monoisotopic (exact) mass is 380 g/mol. The van der Waals surface area contributed by atoms with E-state index in [9.17, 15) is 9.59 Å². The summed E-state index contributed by atoms with van der Waals surface area (Å²) in [6, 6.07) is 16.5. The van der Waals surface area contributed by atoms with E-state index in [4.69, 9.17) is 9.47 Å². The van der Waals surface area contributed by atoms with E-state index in [0.29, 0.717) is 17.2 Å². The second kappa shape index (κ2) is 8.33. The Kier molecular flexibility index (Phi) is 5.46. The molecule has 1 fully saturated rings. The molecule has 6 nitrogen and oxygen atoms in total. The summed E-state index contributed by atoms with van der Waals surface area (Å²) in [7, 11) is 0. The molecule has 1 saturated heterocycles. The lowest BCUT2D eigenvalue weighted by molar-refractivity contribution is -0.139. The number of piperidine rings is 1. The highest BCUT2D eigenvalue weighted by molar-refractivity contribution is 5.98. The summed E-state index contributed by atoms with van der Waals surface area (Å²) in [5.74, 6) is 0.947. The fraction of sp³-hybridized carbons (Fsp3) is 0.364. The van der Waals surface area contributed by atoms with Gasteiger partial charge in [0.25, 0.3) is 11.8 Å². The molecule has 2 aromatic rings. The van der Waals surface area contributed by atoms with Crippen LogP contribution in [0.15, 0.2) is 54.6 Å². The number of carbonyl (C=O) groups excluding carboxylic acids is 2. The average Bonchev–Trinajstić information content (AvgIpc) is 2.77. The SMILES string of the molecule is O=C(C1CN(C(=O)COc2ccccc2)c2ccccc2O1)N1CCCCC1. The Morgan fingerprint density at radius 1 is 0.964 bits per heavy atom. The van der Waals surface area contributed by atoms with E-state index in [1.54, 1.807) is 11.0 Å². The van der Waals surface area contributed by atoms with Crippen LogP contribution in [0.5, 0.6) is 11.5 Å². The van der Waals surface area contributed by atoms with Gasteiger partial charge in [0, 0.05) is 13.1 Å². The molecule has 0 radical (unpaired) electrons. The number of ether oxygens (including phenoxy) is 2. The summed E-state index contributed by atoms with van der Waals surface area (Å²) in [6.07, 6.45) is 2.50. The molecular weight excluding hydrogens is 356 g/mol. The number of amides is 2. The number of benzene rings is 2. The minimum absolute atomic E-state index is 0.0454. The molecule has 4 rings (SSSR count). The standard InChI is InChI=1S/C22H24N2O4/c25-21(16-27-17-9-3-1-4-10-17)24-15-20(22(26)23-13-7-2-8-14-23)28-19-12-6-5-11-18(19)24/h1,3-6,9-12,20H,2,7-8,13-16H2. The molecule has 146 valence electrons. The number of likely N-dealkylation sites (tertiary alicyclic amines) is 1. The van der Waals surface area contributed by atoms with Crippen LogP contribution in [0.4, 0.5) is 5.69 Å². The number of hydrogen-bond donors (Lipinski definition) is 0. The molecule has 2 aliphatic rings. The van der Waals surface area contributed by atoms with Gasteiger partial charge in [-0.15, -0.1) is 0 Å².